The largest absolute Gasteiger partial charge is 0.393 e. The van der Waals surface area contributed by atoms with Crippen LogP contribution in [0.4, 0.5) is 0 Å². The Bertz CT molecular complexity index is 784. The van der Waals surface area contributed by atoms with Crippen molar-refractivity contribution in [3.05, 3.63) is 59.2 Å². The molecule has 0 saturated heterocycles. The third kappa shape index (κ3) is 2.72. The first-order valence-corrected chi connectivity index (χ1v) is 9.76. The van der Waals surface area contributed by atoms with Gasteiger partial charge in [0.05, 0.1) is 6.10 Å². The monoisotopic (exact) mass is 333 g/mol. The highest BCUT2D eigenvalue weighted by molar-refractivity contribution is 5.76. The van der Waals surface area contributed by atoms with E-state index in [1.807, 2.05) is 0 Å². The summed E-state index contributed by atoms with van der Waals surface area (Å²) in [5.74, 6) is 1.52. The van der Waals surface area contributed by atoms with Gasteiger partial charge in [-0.15, -0.1) is 0 Å². The molecular weight excluding hydrogens is 306 g/mol. The van der Waals surface area contributed by atoms with Crippen molar-refractivity contribution in [1.82, 2.24) is 4.90 Å². The van der Waals surface area contributed by atoms with Gasteiger partial charge in [-0.05, 0) is 78.8 Å². The zero-order chi connectivity index (χ0) is 17.0. The molecule has 5 rings (SSSR count). The van der Waals surface area contributed by atoms with Crippen LogP contribution in [0.3, 0.4) is 0 Å². The normalized spacial score (nSPS) is 29.7. The van der Waals surface area contributed by atoms with E-state index in [1.165, 1.54) is 40.7 Å². The van der Waals surface area contributed by atoms with E-state index in [0.29, 0.717) is 6.04 Å². The third-order valence-electron chi connectivity index (χ3n) is 6.88. The van der Waals surface area contributed by atoms with Crippen molar-refractivity contribution >= 4 is 0 Å². The van der Waals surface area contributed by atoms with Gasteiger partial charge in [-0.25, -0.2) is 0 Å². The van der Waals surface area contributed by atoms with Crippen LogP contribution in [0.1, 0.15) is 42.4 Å². The zero-order valence-electron chi connectivity index (χ0n) is 15.0. The lowest BCUT2D eigenvalue weighted by atomic mass is 10.0. The van der Waals surface area contributed by atoms with E-state index in [-0.39, 0.29) is 6.10 Å². The molecule has 2 heteroatoms. The Balaban J connectivity index is 1.29. The maximum Gasteiger partial charge on any atom is 0.0545 e. The number of aliphatic hydroxyl groups excluding tert-OH is 1. The molecule has 1 N–H and O–H groups in total. The number of fused-ring (bicyclic) bond motifs is 4. The molecule has 2 unspecified atom stereocenters. The number of hydrogen-bond acceptors (Lipinski definition) is 2. The molecule has 2 aromatic rings. The van der Waals surface area contributed by atoms with Gasteiger partial charge < -0.3 is 5.11 Å². The van der Waals surface area contributed by atoms with Gasteiger partial charge in [0.1, 0.15) is 0 Å². The SMILES string of the molecule is CN(Cc1ccc2c(c1)Cc1ccccc1-2)C1C[C@H]2CC(O)C[C@H]2C1. The average molecular weight is 333 g/mol. The maximum atomic E-state index is 9.85. The lowest BCUT2D eigenvalue weighted by molar-refractivity contribution is 0.158. The quantitative estimate of drug-likeness (QED) is 0.775. The van der Waals surface area contributed by atoms with Crippen LogP contribution in [-0.4, -0.2) is 29.2 Å². The Labute approximate surface area is 150 Å². The van der Waals surface area contributed by atoms with Crippen molar-refractivity contribution in [2.45, 2.75) is 50.8 Å². The van der Waals surface area contributed by atoms with Crippen molar-refractivity contribution in [2.75, 3.05) is 7.05 Å². The maximum absolute atomic E-state index is 9.85. The van der Waals surface area contributed by atoms with Crippen LogP contribution >= 0.6 is 0 Å². The van der Waals surface area contributed by atoms with Crippen LogP contribution in [0.15, 0.2) is 42.5 Å². The van der Waals surface area contributed by atoms with Gasteiger partial charge in [0.2, 0.25) is 0 Å². The van der Waals surface area contributed by atoms with Crippen LogP contribution in [0.5, 0.6) is 0 Å². The third-order valence-corrected chi connectivity index (χ3v) is 6.88. The first-order chi connectivity index (χ1) is 12.2. The summed E-state index contributed by atoms with van der Waals surface area (Å²) < 4.78 is 0. The number of benzene rings is 2. The Morgan fingerprint density at radius 3 is 2.44 bits per heavy atom. The topological polar surface area (TPSA) is 23.5 Å². The second-order valence-corrected chi connectivity index (χ2v) is 8.51. The molecule has 2 aromatic carbocycles. The summed E-state index contributed by atoms with van der Waals surface area (Å²) in [6.07, 6.45) is 5.66. The predicted octanol–water partition coefficient (Wildman–Crippen LogP) is 4.24. The second kappa shape index (κ2) is 5.96. The fourth-order valence-corrected chi connectivity index (χ4v) is 5.63. The Morgan fingerprint density at radius 2 is 1.64 bits per heavy atom. The Morgan fingerprint density at radius 1 is 0.920 bits per heavy atom. The van der Waals surface area contributed by atoms with Gasteiger partial charge in [-0.3, -0.25) is 4.90 Å². The van der Waals surface area contributed by atoms with Crippen molar-refractivity contribution in [3.8, 4) is 11.1 Å². The van der Waals surface area contributed by atoms with E-state index in [2.05, 4.69) is 54.4 Å². The minimum atomic E-state index is -0.0281. The molecule has 25 heavy (non-hydrogen) atoms. The van der Waals surface area contributed by atoms with E-state index in [9.17, 15) is 5.11 Å². The average Bonchev–Trinajstić information content (AvgIpc) is 3.24. The van der Waals surface area contributed by atoms with Gasteiger partial charge in [0, 0.05) is 12.6 Å². The molecule has 3 aliphatic rings. The highest BCUT2D eigenvalue weighted by atomic mass is 16.3. The number of nitrogens with zero attached hydrogens (tertiary/aromatic N) is 1. The van der Waals surface area contributed by atoms with Gasteiger partial charge in [-0.1, -0.05) is 42.5 Å². The second-order valence-electron chi connectivity index (χ2n) is 8.51. The summed E-state index contributed by atoms with van der Waals surface area (Å²) in [5, 5.41) is 9.85. The number of aliphatic hydroxyl groups is 1. The molecule has 2 saturated carbocycles. The molecule has 0 radical (unpaired) electrons. The standard InChI is InChI=1S/C23H27NO/c1-24(20-10-17-12-21(25)13-18(17)11-20)14-15-6-7-23-19(8-15)9-16-4-2-3-5-22(16)23/h2-8,17-18,20-21,25H,9-14H2,1H3/t17-,18+,20?,21?. The molecule has 3 aliphatic carbocycles. The summed E-state index contributed by atoms with van der Waals surface area (Å²) in [6.45, 7) is 1.04. The van der Waals surface area contributed by atoms with Crippen molar-refractivity contribution in [3.63, 3.8) is 0 Å². The minimum Gasteiger partial charge on any atom is -0.393 e. The zero-order valence-corrected chi connectivity index (χ0v) is 15.0. The van der Waals surface area contributed by atoms with Crippen LogP contribution in [0, 0.1) is 11.8 Å². The lowest BCUT2D eigenvalue weighted by Gasteiger charge is -2.25. The molecule has 4 atom stereocenters. The smallest absolute Gasteiger partial charge is 0.0545 e. The Hall–Kier alpha value is -1.64. The van der Waals surface area contributed by atoms with Crippen LogP contribution in [0.25, 0.3) is 11.1 Å². The molecule has 0 spiro atoms. The number of hydrogen-bond donors (Lipinski definition) is 1. The summed E-state index contributed by atoms with van der Waals surface area (Å²) in [6, 6.07) is 16.5. The molecule has 0 bridgehead atoms. The van der Waals surface area contributed by atoms with Gasteiger partial charge >= 0.3 is 0 Å². The van der Waals surface area contributed by atoms with Crippen molar-refractivity contribution in [2.24, 2.45) is 11.8 Å². The Kier molecular flexibility index (Phi) is 3.72. The minimum absolute atomic E-state index is 0.0281. The summed E-state index contributed by atoms with van der Waals surface area (Å²) in [7, 11) is 2.28. The van der Waals surface area contributed by atoms with Crippen LogP contribution in [-0.2, 0) is 13.0 Å². The highest BCUT2D eigenvalue weighted by Crippen LogP contribution is 2.45. The lowest BCUT2D eigenvalue weighted by Crippen LogP contribution is -2.29. The molecular formula is C23H27NO. The van der Waals surface area contributed by atoms with Gasteiger partial charge in [0.15, 0.2) is 0 Å². The molecule has 0 aliphatic heterocycles. The van der Waals surface area contributed by atoms with Gasteiger partial charge in [-0.2, -0.15) is 0 Å². The molecule has 2 nitrogen and oxygen atoms in total. The predicted molar refractivity (Wildman–Crippen MR) is 101 cm³/mol. The van der Waals surface area contributed by atoms with E-state index in [0.717, 1.165) is 37.6 Å². The van der Waals surface area contributed by atoms with Crippen molar-refractivity contribution in [1.29, 1.82) is 0 Å². The van der Waals surface area contributed by atoms with Crippen LogP contribution < -0.4 is 0 Å². The van der Waals surface area contributed by atoms with Crippen molar-refractivity contribution < 1.29 is 5.11 Å². The van der Waals surface area contributed by atoms with E-state index >= 15 is 0 Å². The van der Waals surface area contributed by atoms with Gasteiger partial charge in [0.25, 0.3) is 0 Å². The summed E-state index contributed by atoms with van der Waals surface area (Å²) in [4.78, 5) is 2.55. The fourth-order valence-electron chi connectivity index (χ4n) is 5.63. The number of rotatable bonds is 3. The molecule has 0 aromatic heterocycles. The molecule has 0 heterocycles. The summed E-state index contributed by atoms with van der Waals surface area (Å²) >= 11 is 0. The first kappa shape index (κ1) is 15.6. The van der Waals surface area contributed by atoms with E-state index < -0.39 is 0 Å². The van der Waals surface area contributed by atoms with E-state index in [4.69, 9.17) is 0 Å². The summed E-state index contributed by atoms with van der Waals surface area (Å²) in [5.41, 5.74) is 7.22. The highest BCUT2D eigenvalue weighted by Gasteiger charge is 2.42. The van der Waals surface area contributed by atoms with Crippen LogP contribution in [0.2, 0.25) is 0 Å². The molecule has 130 valence electrons. The first-order valence-electron chi connectivity index (χ1n) is 9.76. The molecule has 0 amide bonds. The molecule has 2 fully saturated rings. The fraction of sp³-hybridized carbons (Fsp3) is 0.478. The van der Waals surface area contributed by atoms with E-state index in [1.54, 1.807) is 0 Å².